The fraction of sp³-hybridized carbons (Fsp3) is 0.923. The predicted octanol–water partition coefficient (Wildman–Crippen LogP) is 3.13. The summed E-state index contributed by atoms with van der Waals surface area (Å²) in [5, 5.41) is 0. The molecule has 0 aromatic carbocycles. The van der Waals surface area contributed by atoms with Gasteiger partial charge in [-0.3, -0.25) is 4.79 Å². The molecular weight excluding hydrogens is 259 g/mol. The molecule has 0 amide bonds. The van der Waals surface area contributed by atoms with Crippen molar-refractivity contribution in [1.82, 2.24) is 0 Å². The second-order valence-electron chi connectivity index (χ2n) is 5.67. The number of hydrogen-bond donors (Lipinski definition) is 1. The minimum Gasteiger partial charge on any atom is -0.465 e. The maximum Gasteiger partial charge on any atom is 0.404 e. The molecule has 0 aromatic rings. The van der Waals surface area contributed by atoms with E-state index in [2.05, 4.69) is 0 Å². The quantitative estimate of drug-likeness (QED) is 0.730. The van der Waals surface area contributed by atoms with Crippen molar-refractivity contribution in [2.24, 2.45) is 23.5 Å². The minimum atomic E-state index is -4.58. The molecule has 2 atom stereocenters. The van der Waals surface area contributed by atoms with Crippen LogP contribution in [0.25, 0.3) is 0 Å². The van der Waals surface area contributed by atoms with Crippen LogP contribution in [0.2, 0.25) is 0 Å². The third-order valence-electron chi connectivity index (χ3n) is 2.73. The molecule has 0 bridgehead atoms. The van der Waals surface area contributed by atoms with Crippen LogP contribution in [0, 0.1) is 17.8 Å². The molecule has 0 rings (SSSR count). The fourth-order valence-electron chi connectivity index (χ4n) is 1.54. The van der Waals surface area contributed by atoms with Gasteiger partial charge in [-0.1, -0.05) is 34.1 Å². The number of nitrogens with two attached hydrogens (primary N) is 1. The molecule has 3 nitrogen and oxygen atoms in total. The smallest absolute Gasteiger partial charge is 0.404 e. The molecule has 0 saturated heterocycles. The van der Waals surface area contributed by atoms with Crippen LogP contribution in [0.1, 0.15) is 40.5 Å². The molecule has 114 valence electrons. The molecule has 0 aliphatic carbocycles. The van der Waals surface area contributed by atoms with Gasteiger partial charge in [-0.15, -0.1) is 0 Å². The van der Waals surface area contributed by atoms with Crippen molar-refractivity contribution in [3.63, 3.8) is 0 Å². The second kappa shape index (κ2) is 7.72. The van der Waals surface area contributed by atoms with Crippen LogP contribution in [0.4, 0.5) is 13.2 Å². The van der Waals surface area contributed by atoms with Crippen LogP contribution in [0.5, 0.6) is 0 Å². The van der Waals surface area contributed by atoms with Crippen LogP contribution in [0.15, 0.2) is 0 Å². The van der Waals surface area contributed by atoms with Crippen molar-refractivity contribution in [1.29, 1.82) is 0 Å². The maximum absolute atomic E-state index is 12.7. The Morgan fingerprint density at radius 1 is 1.11 bits per heavy atom. The number of hydrogen-bond acceptors (Lipinski definition) is 3. The lowest BCUT2D eigenvalue weighted by atomic mass is 9.91. The van der Waals surface area contributed by atoms with Gasteiger partial charge >= 0.3 is 12.1 Å². The summed E-state index contributed by atoms with van der Waals surface area (Å²) in [5.74, 6) is -1.88. The first-order chi connectivity index (χ1) is 8.55. The number of carbonyl (C=O) groups is 1. The molecule has 0 spiro atoms. The Balaban J connectivity index is 4.70. The third-order valence-corrected chi connectivity index (χ3v) is 2.73. The molecule has 0 radical (unpaired) electrons. The Morgan fingerprint density at radius 2 is 1.63 bits per heavy atom. The van der Waals surface area contributed by atoms with Crippen LogP contribution < -0.4 is 5.73 Å². The summed E-state index contributed by atoms with van der Waals surface area (Å²) in [4.78, 5) is 11.7. The van der Waals surface area contributed by atoms with E-state index in [0.717, 1.165) is 0 Å². The van der Waals surface area contributed by atoms with Crippen molar-refractivity contribution >= 4 is 5.97 Å². The summed E-state index contributed by atoms with van der Waals surface area (Å²) < 4.78 is 42.8. The van der Waals surface area contributed by atoms with Crippen molar-refractivity contribution < 1.29 is 22.7 Å². The molecule has 19 heavy (non-hydrogen) atoms. The van der Waals surface area contributed by atoms with E-state index < -0.39 is 24.1 Å². The predicted molar refractivity (Wildman–Crippen MR) is 67.4 cm³/mol. The number of halogens is 3. The van der Waals surface area contributed by atoms with E-state index in [9.17, 15) is 18.0 Å². The van der Waals surface area contributed by atoms with E-state index in [-0.39, 0.29) is 24.9 Å². The molecule has 0 aliphatic rings. The molecule has 0 aliphatic heterocycles. The Bertz CT molecular complexity index is 278. The van der Waals surface area contributed by atoms with Gasteiger partial charge < -0.3 is 10.5 Å². The maximum atomic E-state index is 12.7. The largest absolute Gasteiger partial charge is 0.465 e. The van der Waals surface area contributed by atoms with Crippen LogP contribution in [-0.4, -0.2) is 24.8 Å². The first-order valence-electron chi connectivity index (χ1n) is 6.54. The molecule has 0 unspecified atom stereocenters. The number of ether oxygens (including phenoxy) is 1. The van der Waals surface area contributed by atoms with E-state index in [1.165, 1.54) is 0 Å². The molecule has 2 N–H and O–H groups in total. The minimum absolute atomic E-state index is 0.0804. The lowest BCUT2D eigenvalue weighted by Crippen LogP contribution is -2.47. The highest BCUT2D eigenvalue weighted by Crippen LogP contribution is 2.28. The van der Waals surface area contributed by atoms with E-state index in [1.807, 2.05) is 27.7 Å². The summed E-state index contributed by atoms with van der Waals surface area (Å²) >= 11 is 0. The highest BCUT2D eigenvalue weighted by Gasteiger charge is 2.45. The average molecular weight is 283 g/mol. The number of rotatable bonds is 7. The molecule has 0 aromatic heterocycles. The zero-order valence-electron chi connectivity index (χ0n) is 12.0. The number of alkyl halides is 3. The van der Waals surface area contributed by atoms with Gasteiger partial charge in [-0.2, -0.15) is 13.2 Å². The van der Waals surface area contributed by atoms with Crippen LogP contribution >= 0.6 is 0 Å². The van der Waals surface area contributed by atoms with Gasteiger partial charge in [0, 0.05) is 0 Å². The molecule has 6 heteroatoms. The number of esters is 1. The van der Waals surface area contributed by atoms with Gasteiger partial charge in [0.2, 0.25) is 0 Å². The topological polar surface area (TPSA) is 52.3 Å². The first kappa shape index (κ1) is 18.2. The van der Waals surface area contributed by atoms with Gasteiger partial charge in [0.1, 0.15) is 6.04 Å². The monoisotopic (exact) mass is 283 g/mol. The van der Waals surface area contributed by atoms with Gasteiger partial charge in [-0.05, 0) is 18.3 Å². The fourth-order valence-corrected chi connectivity index (χ4v) is 1.54. The SMILES string of the molecule is CC(C)CC[C@@H](C(=O)OCC(C)C)[C@@H](N)C(F)(F)F. The third kappa shape index (κ3) is 7.40. The van der Waals surface area contributed by atoms with Crippen molar-refractivity contribution in [3.8, 4) is 0 Å². The zero-order chi connectivity index (χ0) is 15.2. The standard InChI is InChI=1S/C13H24F3NO2/c1-8(2)5-6-10(11(17)13(14,15)16)12(18)19-7-9(3)4/h8-11H,5-7,17H2,1-4H3/t10-,11-/m1/s1. The lowest BCUT2D eigenvalue weighted by molar-refractivity contribution is -0.177. The summed E-state index contributed by atoms with van der Waals surface area (Å²) in [5.41, 5.74) is 5.16. The second-order valence-corrected chi connectivity index (χ2v) is 5.67. The van der Waals surface area contributed by atoms with Crippen molar-refractivity contribution in [2.45, 2.75) is 52.8 Å². The van der Waals surface area contributed by atoms with Crippen molar-refractivity contribution in [2.75, 3.05) is 6.61 Å². The van der Waals surface area contributed by atoms with Gasteiger partial charge in [0.25, 0.3) is 0 Å². The van der Waals surface area contributed by atoms with E-state index >= 15 is 0 Å². The van der Waals surface area contributed by atoms with Crippen molar-refractivity contribution in [3.05, 3.63) is 0 Å². The van der Waals surface area contributed by atoms with Gasteiger partial charge in [0.05, 0.1) is 12.5 Å². The summed E-state index contributed by atoms with van der Waals surface area (Å²) in [6.45, 7) is 7.52. The van der Waals surface area contributed by atoms with E-state index in [4.69, 9.17) is 10.5 Å². The Hall–Kier alpha value is -0.780. The van der Waals surface area contributed by atoms with E-state index in [0.29, 0.717) is 6.42 Å². The van der Waals surface area contributed by atoms with Crippen LogP contribution in [-0.2, 0) is 9.53 Å². The molecule has 0 fully saturated rings. The normalized spacial score (nSPS) is 15.7. The Labute approximate surface area is 112 Å². The summed E-state index contributed by atoms with van der Waals surface area (Å²) in [6.07, 6.45) is -3.99. The highest BCUT2D eigenvalue weighted by atomic mass is 19.4. The Kier molecular flexibility index (Phi) is 7.41. The van der Waals surface area contributed by atoms with Gasteiger partial charge in [-0.25, -0.2) is 0 Å². The Morgan fingerprint density at radius 3 is 2.00 bits per heavy atom. The molecular formula is C13H24F3NO2. The molecule has 0 heterocycles. The highest BCUT2D eigenvalue weighted by molar-refractivity contribution is 5.73. The van der Waals surface area contributed by atoms with E-state index in [1.54, 1.807) is 0 Å². The first-order valence-corrected chi connectivity index (χ1v) is 6.54. The number of carbonyl (C=O) groups excluding carboxylic acids is 1. The average Bonchev–Trinajstić information content (AvgIpc) is 2.24. The molecule has 0 saturated carbocycles. The summed E-state index contributed by atoms with van der Waals surface area (Å²) in [7, 11) is 0. The van der Waals surface area contributed by atoms with Crippen LogP contribution in [0.3, 0.4) is 0 Å². The lowest BCUT2D eigenvalue weighted by Gasteiger charge is -2.25. The van der Waals surface area contributed by atoms with Gasteiger partial charge in [0.15, 0.2) is 0 Å². The summed E-state index contributed by atoms with van der Waals surface area (Å²) in [6, 6.07) is -2.16. The zero-order valence-corrected chi connectivity index (χ0v) is 12.0.